The number of benzene rings is 1. The summed E-state index contributed by atoms with van der Waals surface area (Å²) in [5, 5.41) is 6.76. The van der Waals surface area contributed by atoms with Crippen molar-refractivity contribution < 1.29 is 4.79 Å². The average Bonchev–Trinajstić information content (AvgIpc) is 2.30. The van der Waals surface area contributed by atoms with Crippen molar-refractivity contribution in [3.63, 3.8) is 0 Å². The number of carbonyl (C=O) groups excluding carboxylic acids is 1. The average molecular weight is 318 g/mol. The molecule has 0 aromatic heterocycles. The Morgan fingerprint density at radius 3 is 2.76 bits per heavy atom. The van der Waals surface area contributed by atoms with E-state index >= 15 is 0 Å². The van der Waals surface area contributed by atoms with Gasteiger partial charge in [-0.25, -0.2) is 0 Å². The van der Waals surface area contributed by atoms with E-state index < -0.39 is 0 Å². The van der Waals surface area contributed by atoms with E-state index in [-0.39, 0.29) is 11.9 Å². The van der Waals surface area contributed by atoms with Gasteiger partial charge in [-0.3, -0.25) is 4.79 Å². The van der Waals surface area contributed by atoms with E-state index in [1.165, 1.54) is 0 Å². The van der Waals surface area contributed by atoms with E-state index in [4.69, 9.17) is 11.6 Å². The maximum absolute atomic E-state index is 12.0. The predicted molar refractivity (Wildman–Crippen MR) is 72.5 cm³/mol. The molecular weight excluding hydrogens is 304 g/mol. The number of hydrogen-bond acceptors (Lipinski definition) is 2. The fourth-order valence-corrected chi connectivity index (χ4v) is 2.66. The van der Waals surface area contributed by atoms with Crippen LogP contribution >= 0.6 is 27.5 Å². The van der Waals surface area contributed by atoms with Gasteiger partial charge < -0.3 is 10.6 Å². The second-order valence-corrected chi connectivity index (χ2v) is 5.44. The zero-order chi connectivity index (χ0) is 12.3. The van der Waals surface area contributed by atoms with Crippen LogP contribution in [0.25, 0.3) is 0 Å². The predicted octanol–water partition coefficient (Wildman–Crippen LogP) is 2.58. The Hall–Kier alpha value is -0.580. The molecule has 1 heterocycles. The third-order valence-corrected chi connectivity index (χ3v) is 3.66. The molecule has 1 saturated heterocycles. The van der Waals surface area contributed by atoms with Crippen molar-refractivity contribution in [1.29, 1.82) is 0 Å². The second-order valence-electron chi connectivity index (χ2n) is 4.12. The van der Waals surface area contributed by atoms with Gasteiger partial charge in [0.1, 0.15) is 0 Å². The molecule has 2 N–H and O–H groups in total. The molecule has 0 spiro atoms. The van der Waals surface area contributed by atoms with Crippen LogP contribution < -0.4 is 10.6 Å². The maximum atomic E-state index is 12.0. The number of piperidine rings is 1. The van der Waals surface area contributed by atoms with Gasteiger partial charge in [-0.05, 0) is 44.1 Å². The fourth-order valence-electron chi connectivity index (χ4n) is 1.90. The van der Waals surface area contributed by atoms with Crippen LogP contribution in [0.4, 0.5) is 0 Å². The van der Waals surface area contributed by atoms with Crippen molar-refractivity contribution in [2.24, 2.45) is 0 Å². The summed E-state index contributed by atoms with van der Waals surface area (Å²) >= 11 is 9.36. The van der Waals surface area contributed by atoms with Gasteiger partial charge in [-0.1, -0.05) is 27.5 Å². The lowest BCUT2D eigenvalue weighted by Crippen LogP contribution is -2.42. The number of hydrogen-bond donors (Lipinski definition) is 2. The Labute approximate surface area is 114 Å². The minimum Gasteiger partial charge on any atom is -0.349 e. The van der Waals surface area contributed by atoms with Crippen LogP contribution in [0, 0.1) is 0 Å². The highest BCUT2D eigenvalue weighted by Crippen LogP contribution is 2.21. The fraction of sp³-hybridized carbons (Fsp3) is 0.417. The number of nitrogens with one attached hydrogen (secondary N) is 2. The largest absolute Gasteiger partial charge is 0.349 e. The summed E-state index contributed by atoms with van der Waals surface area (Å²) < 4.78 is 0.876. The Bertz CT molecular complexity index is 419. The third-order valence-electron chi connectivity index (χ3n) is 2.85. The molecule has 2 rings (SSSR count). The minimum absolute atomic E-state index is 0.0885. The van der Waals surface area contributed by atoms with Crippen molar-refractivity contribution in [3.05, 3.63) is 33.3 Å². The van der Waals surface area contributed by atoms with Gasteiger partial charge in [0.2, 0.25) is 0 Å². The lowest BCUT2D eigenvalue weighted by atomic mass is 10.1. The zero-order valence-electron chi connectivity index (χ0n) is 9.30. The third kappa shape index (κ3) is 3.44. The van der Waals surface area contributed by atoms with Crippen LogP contribution in [0.5, 0.6) is 0 Å². The van der Waals surface area contributed by atoms with Gasteiger partial charge in [0, 0.05) is 10.5 Å². The zero-order valence-corrected chi connectivity index (χ0v) is 11.6. The summed E-state index contributed by atoms with van der Waals surface area (Å²) in [6.45, 7) is 1.91. The Morgan fingerprint density at radius 1 is 1.41 bits per heavy atom. The number of amides is 1. The quantitative estimate of drug-likeness (QED) is 0.880. The Balaban J connectivity index is 2.03. The SMILES string of the molecule is O=C(NC1CCNCC1)c1ccc(Br)cc1Cl. The Morgan fingerprint density at radius 2 is 2.12 bits per heavy atom. The molecular formula is C12H14BrClN2O. The molecule has 1 aliphatic heterocycles. The van der Waals surface area contributed by atoms with Crippen LogP contribution in [0.2, 0.25) is 5.02 Å². The summed E-state index contributed by atoms with van der Waals surface area (Å²) in [6.07, 6.45) is 1.94. The molecule has 0 saturated carbocycles. The first-order valence-corrected chi connectivity index (χ1v) is 6.80. The molecule has 0 bridgehead atoms. The summed E-state index contributed by atoms with van der Waals surface area (Å²) in [7, 11) is 0. The molecule has 0 atom stereocenters. The van der Waals surface area contributed by atoms with E-state index in [0.717, 1.165) is 30.4 Å². The molecule has 1 amide bonds. The molecule has 1 aliphatic rings. The topological polar surface area (TPSA) is 41.1 Å². The molecule has 5 heteroatoms. The van der Waals surface area contributed by atoms with Gasteiger partial charge in [-0.15, -0.1) is 0 Å². The molecule has 3 nitrogen and oxygen atoms in total. The number of halogens is 2. The highest BCUT2D eigenvalue weighted by Gasteiger charge is 2.17. The number of rotatable bonds is 2. The minimum atomic E-state index is -0.0885. The molecule has 0 radical (unpaired) electrons. The van der Waals surface area contributed by atoms with E-state index in [9.17, 15) is 4.79 Å². The maximum Gasteiger partial charge on any atom is 0.253 e. The lowest BCUT2D eigenvalue weighted by Gasteiger charge is -2.23. The first kappa shape index (κ1) is 12.9. The van der Waals surface area contributed by atoms with Gasteiger partial charge in [-0.2, -0.15) is 0 Å². The van der Waals surface area contributed by atoms with Gasteiger partial charge in [0.25, 0.3) is 5.91 Å². The molecule has 1 aromatic carbocycles. The molecule has 1 fully saturated rings. The van der Waals surface area contributed by atoms with Crippen molar-refractivity contribution in [1.82, 2.24) is 10.6 Å². The van der Waals surface area contributed by atoms with Gasteiger partial charge >= 0.3 is 0 Å². The van der Waals surface area contributed by atoms with Crippen LogP contribution in [-0.2, 0) is 0 Å². The normalized spacial score (nSPS) is 16.8. The van der Waals surface area contributed by atoms with Crippen LogP contribution in [0.1, 0.15) is 23.2 Å². The highest BCUT2D eigenvalue weighted by molar-refractivity contribution is 9.10. The van der Waals surface area contributed by atoms with E-state index in [1.54, 1.807) is 12.1 Å². The molecule has 17 heavy (non-hydrogen) atoms. The second kappa shape index (κ2) is 5.85. The first-order chi connectivity index (χ1) is 8.16. The molecule has 0 aliphatic carbocycles. The summed E-state index contributed by atoms with van der Waals surface area (Å²) in [6, 6.07) is 5.55. The summed E-state index contributed by atoms with van der Waals surface area (Å²) in [5.74, 6) is -0.0885. The van der Waals surface area contributed by atoms with Crippen LogP contribution in [0.3, 0.4) is 0 Å². The van der Waals surface area contributed by atoms with E-state index in [1.807, 2.05) is 6.07 Å². The van der Waals surface area contributed by atoms with Gasteiger partial charge in [0.05, 0.1) is 10.6 Å². The molecule has 1 aromatic rings. The summed E-state index contributed by atoms with van der Waals surface area (Å²) in [5.41, 5.74) is 0.536. The van der Waals surface area contributed by atoms with Crippen LogP contribution in [0.15, 0.2) is 22.7 Å². The van der Waals surface area contributed by atoms with E-state index in [0.29, 0.717) is 10.6 Å². The Kier molecular flexibility index (Phi) is 4.42. The van der Waals surface area contributed by atoms with Crippen molar-refractivity contribution in [2.75, 3.05) is 13.1 Å². The van der Waals surface area contributed by atoms with Crippen LogP contribution in [-0.4, -0.2) is 25.0 Å². The van der Waals surface area contributed by atoms with E-state index in [2.05, 4.69) is 26.6 Å². The standard InChI is InChI=1S/C12H14BrClN2O/c13-8-1-2-10(11(14)7-8)12(17)16-9-3-5-15-6-4-9/h1-2,7,9,15H,3-6H2,(H,16,17). The summed E-state index contributed by atoms with van der Waals surface area (Å²) in [4.78, 5) is 12.0. The van der Waals surface area contributed by atoms with Crippen molar-refractivity contribution >= 4 is 33.4 Å². The van der Waals surface area contributed by atoms with Crippen molar-refractivity contribution in [3.8, 4) is 0 Å². The lowest BCUT2D eigenvalue weighted by molar-refractivity contribution is 0.0929. The van der Waals surface area contributed by atoms with Gasteiger partial charge in [0.15, 0.2) is 0 Å². The molecule has 92 valence electrons. The molecule has 0 unspecified atom stereocenters. The highest BCUT2D eigenvalue weighted by atomic mass is 79.9. The number of carbonyl (C=O) groups is 1. The van der Waals surface area contributed by atoms with Crippen molar-refractivity contribution in [2.45, 2.75) is 18.9 Å². The smallest absolute Gasteiger partial charge is 0.253 e. The first-order valence-electron chi connectivity index (χ1n) is 5.63. The monoisotopic (exact) mass is 316 g/mol.